The molecule has 1 aromatic carbocycles. The molecule has 0 unspecified atom stereocenters. The number of hydrogen-bond acceptors (Lipinski definition) is 7. The van der Waals surface area contributed by atoms with Crippen LogP contribution in [0.1, 0.15) is 40.1 Å². The van der Waals surface area contributed by atoms with Gasteiger partial charge in [-0.2, -0.15) is 0 Å². The first-order valence-electron chi connectivity index (χ1n) is 9.90. The lowest BCUT2D eigenvalue weighted by Crippen LogP contribution is -2.32. The summed E-state index contributed by atoms with van der Waals surface area (Å²) in [7, 11) is -3.37. The largest absolute Gasteiger partial charge is 0.348 e. The van der Waals surface area contributed by atoms with E-state index < -0.39 is 10.0 Å². The molecule has 0 radical (unpaired) electrons. The Morgan fingerprint density at radius 2 is 2.00 bits per heavy atom. The fourth-order valence-electron chi connectivity index (χ4n) is 3.54. The molecule has 168 valence electrons. The number of anilines is 2. The number of likely N-dealkylation sites (tertiary alicyclic amines) is 1. The van der Waals surface area contributed by atoms with Gasteiger partial charge >= 0.3 is 0 Å². The monoisotopic (exact) mass is 474 g/mol. The maximum Gasteiger partial charge on any atom is 0.275 e. The highest BCUT2D eigenvalue weighted by molar-refractivity contribution is 7.92. The molecule has 2 aromatic heterocycles. The summed E-state index contributed by atoms with van der Waals surface area (Å²) in [6.07, 6.45) is 6.19. The Kier molecular flexibility index (Phi) is 6.24. The van der Waals surface area contributed by atoms with E-state index in [1.165, 1.54) is 11.3 Å². The summed E-state index contributed by atoms with van der Waals surface area (Å²) < 4.78 is 24.9. The summed E-state index contributed by atoms with van der Waals surface area (Å²) in [6, 6.07) is 6.19. The quantitative estimate of drug-likeness (QED) is 0.481. The number of amides is 2. The molecule has 2 amide bonds. The number of imidazole rings is 1. The van der Waals surface area contributed by atoms with E-state index in [1.54, 1.807) is 42.2 Å². The molecule has 0 bridgehead atoms. The molecule has 12 heteroatoms. The third kappa shape index (κ3) is 5.32. The molecular weight excluding hydrogens is 452 g/mol. The lowest BCUT2D eigenvalue weighted by molar-refractivity contribution is -0.131. The standard InChI is InChI=1S/C20H22N6O4S2/c1-32(29,30)25-14-6-4-13(5-7-14)23-19(28)16-11-31-20(24-16)17-3-2-8-26(17)18(27)9-15-10-21-12-22-15/h4-7,10-12,17,25H,2-3,8-9H2,1H3,(H,21,22)(H,23,28)/t17-/m1/s1. The van der Waals surface area contributed by atoms with E-state index in [2.05, 4.69) is 25.0 Å². The van der Waals surface area contributed by atoms with Gasteiger partial charge in [0.05, 0.1) is 25.0 Å². The molecule has 0 spiro atoms. The first-order valence-corrected chi connectivity index (χ1v) is 12.7. The summed E-state index contributed by atoms with van der Waals surface area (Å²) in [5.74, 6) is -0.370. The van der Waals surface area contributed by atoms with E-state index in [-0.39, 0.29) is 30.0 Å². The predicted molar refractivity (Wildman–Crippen MR) is 121 cm³/mol. The Hall–Kier alpha value is -3.25. The number of aromatic amines is 1. The van der Waals surface area contributed by atoms with Crippen LogP contribution in [0.5, 0.6) is 0 Å². The molecule has 3 aromatic rings. The minimum atomic E-state index is -3.37. The number of hydrogen-bond donors (Lipinski definition) is 3. The summed E-state index contributed by atoms with van der Waals surface area (Å²) in [5, 5.41) is 5.17. The molecule has 1 fully saturated rings. The van der Waals surface area contributed by atoms with Crippen LogP contribution in [0, 0.1) is 0 Å². The minimum absolute atomic E-state index is 0.000689. The smallest absolute Gasteiger partial charge is 0.275 e. The number of H-pyrrole nitrogens is 1. The molecule has 1 saturated heterocycles. The number of rotatable bonds is 7. The second-order valence-corrected chi connectivity index (χ2v) is 10.1. The zero-order valence-corrected chi connectivity index (χ0v) is 18.9. The van der Waals surface area contributed by atoms with Crippen LogP contribution < -0.4 is 10.0 Å². The zero-order valence-electron chi connectivity index (χ0n) is 17.2. The van der Waals surface area contributed by atoms with Gasteiger partial charge in [-0.05, 0) is 37.1 Å². The Bertz CT molecular complexity index is 1210. The zero-order chi connectivity index (χ0) is 22.7. The van der Waals surface area contributed by atoms with Gasteiger partial charge in [0, 0.05) is 35.2 Å². The average molecular weight is 475 g/mol. The van der Waals surface area contributed by atoms with E-state index in [0.29, 0.717) is 17.9 Å². The van der Waals surface area contributed by atoms with Crippen molar-refractivity contribution >= 4 is 44.5 Å². The Morgan fingerprint density at radius 1 is 1.25 bits per heavy atom. The van der Waals surface area contributed by atoms with Crippen molar-refractivity contribution in [2.75, 3.05) is 22.8 Å². The van der Waals surface area contributed by atoms with Crippen molar-refractivity contribution in [1.82, 2.24) is 19.9 Å². The van der Waals surface area contributed by atoms with Crippen molar-refractivity contribution < 1.29 is 18.0 Å². The molecule has 0 saturated carbocycles. The Morgan fingerprint density at radius 3 is 2.69 bits per heavy atom. The topological polar surface area (TPSA) is 137 Å². The number of aromatic nitrogens is 3. The number of thiazole rings is 1. The predicted octanol–water partition coefficient (Wildman–Crippen LogP) is 2.40. The van der Waals surface area contributed by atoms with E-state index in [0.717, 1.165) is 29.8 Å². The van der Waals surface area contributed by atoms with Gasteiger partial charge in [0.15, 0.2) is 0 Å². The van der Waals surface area contributed by atoms with Crippen molar-refractivity contribution in [3.63, 3.8) is 0 Å². The minimum Gasteiger partial charge on any atom is -0.348 e. The summed E-state index contributed by atoms with van der Waals surface area (Å²) >= 11 is 1.36. The van der Waals surface area contributed by atoms with Gasteiger partial charge in [0.1, 0.15) is 10.7 Å². The Balaban J connectivity index is 1.40. The van der Waals surface area contributed by atoms with Crippen molar-refractivity contribution in [2.45, 2.75) is 25.3 Å². The SMILES string of the molecule is CS(=O)(=O)Nc1ccc(NC(=O)c2csc([C@H]3CCCN3C(=O)Cc3cnc[nH]3)n2)cc1. The van der Waals surface area contributed by atoms with Gasteiger partial charge < -0.3 is 15.2 Å². The molecule has 1 atom stereocenters. The van der Waals surface area contributed by atoms with Crippen molar-refractivity contribution in [3.05, 3.63) is 58.6 Å². The van der Waals surface area contributed by atoms with E-state index in [1.807, 2.05) is 4.90 Å². The van der Waals surface area contributed by atoms with Crippen LogP contribution in [0.25, 0.3) is 0 Å². The molecule has 4 rings (SSSR count). The van der Waals surface area contributed by atoms with Crippen LogP contribution in [0.15, 0.2) is 42.2 Å². The number of nitrogens with one attached hydrogen (secondary N) is 3. The van der Waals surface area contributed by atoms with E-state index in [4.69, 9.17) is 0 Å². The molecule has 10 nitrogen and oxygen atoms in total. The highest BCUT2D eigenvalue weighted by atomic mass is 32.2. The van der Waals surface area contributed by atoms with Gasteiger partial charge in [-0.15, -0.1) is 11.3 Å². The number of nitrogens with zero attached hydrogens (tertiary/aromatic N) is 3. The lowest BCUT2D eigenvalue weighted by Gasteiger charge is -2.22. The molecule has 3 heterocycles. The van der Waals surface area contributed by atoms with Gasteiger partial charge in [-0.3, -0.25) is 14.3 Å². The maximum absolute atomic E-state index is 12.7. The summed E-state index contributed by atoms with van der Waals surface area (Å²) in [6.45, 7) is 0.659. The fourth-order valence-corrected chi connectivity index (χ4v) is 5.05. The third-order valence-corrected chi connectivity index (χ3v) is 6.51. The Labute approximate surface area is 189 Å². The van der Waals surface area contributed by atoms with Crippen LogP contribution >= 0.6 is 11.3 Å². The number of sulfonamides is 1. The molecule has 32 heavy (non-hydrogen) atoms. The van der Waals surface area contributed by atoms with Crippen LogP contribution in [0.4, 0.5) is 11.4 Å². The molecule has 3 N–H and O–H groups in total. The normalized spacial score (nSPS) is 16.2. The molecule has 1 aliphatic rings. The van der Waals surface area contributed by atoms with Crippen molar-refractivity contribution in [1.29, 1.82) is 0 Å². The van der Waals surface area contributed by atoms with Gasteiger partial charge in [0.2, 0.25) is 15.9 Å². The molecule has 1 aliphatic heterocycles. The highest BCUT2D eigenvalue weighted by Gasteiger charge is 2.32. The van der Waals surface area contributed by atoms with Crippen LogP contribution in [0.2, 0.25) is 0 Å². The van der Waals surface area contributed by atoms with Crippen molar-refractivity contribution in [3.8, 4) is 0 Å². The highest BCUT2D eigenvalue weighted by Crippen LogP contribution is 2.34. The average Bonchev–Trinajstić information content (AvgIpc) is 3.49. The fraction of sp³-hybridized carbons (Fsp3) is 0.300. The van der Waals surface area contributed by atoms with E-state index in [9.17, 15) is 18.0 Å². The number of carbonyl (C=O) groups excluding carboxylic acids is 2. The maximum atomic E-state index is 12.7. The number of benzene rings is 1. The third-order valence-electron chi connectivity index (χ3n) is 4.96. The van der Waals surface area contributed by atoms with Crippen LogP contribution in [-0.4, -0.2) is 52.9 Å². The summed E-state index contributed by atoms with van der Waals surface area (Å²) in [4.78, 5) is 38.5. The van der Waals surface area contributed by atoms with E-state index >= 15 is 0 Å². The number of carbonyl (C=O) groups is 2. The summed E-state index contributed by atoms with van der Waals surface area (Å²) in [5.41, 5.74) is 1.96. The first kappa shape index (κ1) is 22.0. The molecule has 0 aliphatic carbocycles. The first-order chi connectivity index (χ1) is 15.3. The van der Waals surface area contributed by atoms with Gasteiger partial charge in [0.25, 0.3) is 5.91 Å². The van der Waals surface area contributed by atoms with Gasteiger partial charge in [-0.1, -0.05) is 0 Å². The van der Waals surface area contributed by atoms with Gasteiger partial charge in [-0.25, -0.2) is 18.4 Å². The second kappa shape index (κ2) is 9.09. The second-order valence-electron chi connectivity index (χ2n) is 7.48. The van der Waals surface area contributed by atoms with Crippen LogP contribution in [0.3, 0.4) is 0 Å². The van der Waals surface area contributed by atoms with Crippen LogP contribution in [-0.2, 0) is 21.2 Å². The lowest BCUT2D eigenvalue weighted by atomic mass is 10.2. The van der Waals surface area contributed by atoms with Crippen molar-refractivity contribution in [2.24, 2.45) is 0 Å². The molecular formula is C20H22N6O4S2.